The molecule has 2 aromatic rings. The Kier molecular flexibility index (Phi) is 4.93. The summed E-state index contributed by atoms with van der Waals surface area (Å²) >= 11 is 13.7. The Balaban J connectivity index is 1.92. The molecule has 1 aromatic carbocycles. The summed E-state index contributed by atoms with van der Waals surface area (Å²) in [5, 5.41) is 1.12. The molecule has 0 aliphatic rings. The molecular formula is C14H13Cl2NS. The first-order valence-electron chi connectivity index (χ1n) is 5.58. The molecule has 0 fully saturated rings. The second-order valence-corrected chi connectivity index (χ2v) is 5.86. The first-order chi connectivity index (χ1) is 8.65. The highest BCUT2D eigenvalue weighted by molar-refractivity contribution is 7.97. The van der Waals surface area contributed by atoms with Crippen molar-refractivity contribution in [2.75, 3.05) is 0 Å². The summed E-state index contributed by atoms with van der Waals surface area (Å²) in [6.45, 7) is 2.11. The summed E-state index contributed by atoms with van der Waals surface area (Å²) in [5.74, 6) is 1.82. The minimum Gasteiger partial charge on any atom is -0.244 e. The van der Waals surface area contributed by atoms with E-state index in [0.29, 0.717) is 10.2 Å². The third-order valence-corrected chi connectivity index (χ3v) is 4.12. The van der Waals surface area contributed by atoms with Gasteiger partial charge in [-0.3, -0.25) is 0 Å². The minimum absolute atomic E-state index is 0.437. The predicted molar refractivity (Wildman–Crippen MR) is 80.4 cm³/mol. The molecule has 94 valence electrons. The smallest absolute Gasteiger partial charge is 0.130 e. The summed E-state index contributed by atoms with van der Waals surface area (Å²) in [6, 6.07) is 10.2. The van der Waals surface area contributed by atoms with Crippen molar-refractivity contribution in [3.8, 4) is 0 Å². The minimum atomic E-state index is 0.437. The van der Waals surface area contributed by atoms with Gasteiger partial charge in [0.1, 0.15) is 5.15 Å². The molecule has 0 aliphatic heterocycles. The number of halogens is 2. The zero-order valence-corrected chi connectivity index (χ0v) is 12.3. The zero-order chi connectivity index (χ0) is 13.0. The van der Waals surface area contributed by atoms with E-state index >= 15 is 0 Å². The summed E-state index contributed by atoms with van der Waals surface area (Å²) in [6.07, 6.45) is 1.74. The average Bonchev–Trinajstić information content (AvgIpc) is 2.32. The van der Waals surface area contributed by atoms with Gasteiger partial charge >= 0.3 is 0 Å². The molecule has 1 heterocycles. The van der Waals surface area contributed by atoms with Gasteiger partial charge in [-0.15, -0.1) is 0 Å². The molecular weight excluding hydrogens is 285 g/mol. The van der Waals surface area contributed by atoms with Gasteiger partial charge in [0.25, 0.3) is 0 Å². The van der Waals surface area contributed by atoms with Crippen LogP contribution in [-0.2, 0) is 11.5 Å². The number of aryl methyl sites for hydroxylation is 1. The Morgan fingerprint density at radius 1 is 1.17 bits per heavy atom. The number of aromatic nitrogens is 1. The van der Waals surface area contributed by atoms with Crippen molar-refractivity contribution in [1.29, 1.82) is 0 Å². The molecule has 0 unspecified atom stereocenters. The van der Waals surface area contributed by atoms with E-state index in [1.165, 1.54) is 11.1 Å². The monoisotopic (exact) mass is 297 g/mol. The Morgan fingerprint density at radius 3 is 2.72 bits per heavy atom. The van der Waals surface area contributed by atoms with E-state index < -0.39 is 0 Å². The highest BCUT2D eigenvalue weighted by Gasteiger charge is 2.03. The van der Waals surface area contributed by atoms with Crippen molar-refractivity contribution in [3.63, 3.8) is 0 Å². The molecule has 0 atom stereocenters. The van der Waals surface area contributed by atoms with E-state index in [2.05, 4.69) is 36.2 Å². The van der Waals surface area contributed by atoms with Crippen LogP contribution in [0.5, 0.6) is 0 Å². The number of thioether (sulfide) groups is 1. The molecule has 0 amide bonds. The van der Waals surface area contributed by atoms with Crippen LogP contribution in [0.3, 0.4) is 0 Å². The standard InChI is InChI=1S/C14H13Cl2NS/c1-10-3-2-4-11(5-10)8-18-9-12-7-17-14(16)6-13(12)15/h2-7H,8-9H2,1H3. The second kappa shape index (κ2) is 6.46. The number of hydrogen-bond donors (Lipinski definition) is 0. The molecule has 0 aliphatic carbocycles. The topological polar surface area (TPSA) is 12.9 Å². The van der Waals surface area contributed by atoms with Crippen LogP contribution in [0.2, 0.25) is 10.2 Å². The van der Waals surface area contributed by atoms with Crippen LogP contribution in [-0.4, -0.2) is 4.98 Å². The summed E-state index contributed by atoms with van der Waals surface area (Å²) < 4.78 is 0. The van der Waals surface area contributed by atoms with Gasteiger partial charge in [-0.05, 0) is 24.1 Å². The van der Waals surface area contributed by atoms with Crippen LogP contribution in [0.25, 0.3) is 0 Å². The molecule has 2 rings (SSSR count). The normalized spacial score (nSPS) is 10.6. The quantitative estimate of drug-likeness (QED) is 0.726. The molecule has 1 nitrogen and oxygen atoms in total. The number of pyridine rings is 1. The third-order valence-electron chi connectivity index (χ3n) is 2.51. The fourth-order valence-electron chi connectivity index (χ4n) is 1.62. The number of rotatable bonds is 4. The van der Waals surface area contributed by atoms with Crippen molar-refractivity contribution >= 4 is 35.0 Å². The van der Waals surface area contributed by atoms with Crippen molar-refractivity contribution in [2.24, 2.45) is 0 Å². The molecule has 0 saturated carbocycles. The Bertz CT molecular complexity index is 543. The van der Waals surface area contributed by atoms with Gasteiger partial charge in [-0.2, -0.15) is 11.8 Å². The van der Waals surface area contributed by atoms with Crippen molar-refractivity contribution < 1.29 is 0 Å². The van der Waals surface area contributed by atoms with Crippen LogP contribution in [0.1, 0.15) is 16.7 Å². The highest BCUT2D eigenvalue weighted by atomic mass is 35.5. The van der Waals surface area contributed by atoms with Crippen LogP contribution >= 0.6 is 35.0 Å². The van der Waals surface area contributed by atoms with Crippen molar-refractivity contribution in [2.45, 2.75) is 18.4 Å². The Hall–Kier alpha value is -0.700. The summed E-state index contributed by atoms with van der Waals surface area (Å²) in [7, 11) is 0. The van der Waals surface area contributed by atoms with E-state index in [1.807, 2.05) is 11.8 Å². The number of benzene rings is 1. The van der Waals surface area contributed by atoms with Gasteiger partial charge in [-0.1, -0.05) is 53.0 Å². The summed E-state index contributed by atoms with van der Waals surface area (Å²) in [5.41, 5.74) is 3.65. The maximum Gasteiger partial charge on any atom is 0.130 e. The van der Waals surface area contributed by atoms with Gasteiger partial charge in [0, 0.05) is 22.7 Å². The molecule has 4 heteroatoms. The van der Waals surface area contributed by atoms with E-state index in [1.54, 1.807) is 12.3 Å². The number of nitrogens with zero attached hydrogens (tertiary/aromatic N) is 1. The van der Waals surface area contributed by atoms with E-state index in [-0.39, 0.29) is 0 Å². The summed E-state index contributed by atoms with van der Waals surface area (Å²) in [4.78, 5) is 4.05. The SMILES string of the molecule is Cc1cccc(CSCc2cnc(Cl)cc2Cl)c1. The third kappa shape index (κ3) is 3.91. The van der Waals surface area contributed by atoms with Crippen LogP contribution in [0, 0.1) is 6.92 Å². The van der Waals surface area contributed by atoms with Crippen LogP contribution in [0.15, 0.2) is 36.5 Å². The lowest BCUT2D eigenvalue weighted by atomic mass is 10.2. The van der Waals surface area contributed by atoms with E-state index in [4.69, 9.17) is 23.2 Å². The van der Waals surface area contributed by atoms with Gasteiger partial charge in [0.05, 0.1) is 0 Å². The van der Waals surface area contributed by atoms with Gasteiger partial charge in [0.15, 0.2) is 0 Å². The van der Waals surface area contributed by atoms with Crippen LogP contribution < -0.4 is 0 Å². The van der Waals surface area contributed by atoms with Gasteiger partial charge in [-0.25, -0.2) is 4.98 Å². The van der Waals surface area contributed by atoms with E-state index in [0.717, 1.165) is 17.1 Å². The molecule has 0 bridgehead atoms. The maximum atomic E-state index is 6.10. The average molecular weight is 298 g/mol. The lowest BCUT2D eigenvalue weighted by molar-refractivity contribution is 1.25. The largest absolute Gasteiger partial charge is 0.244 e. The van der Waals surface area contributed by atoms with E-state index in [9.17, 15) is 0 Å². The number of hydrogen-bond acceptors (Lipinski definition) is 2. The molecule has 1 aromatic heterocycles. The fraction of sp³-hybridized carbons (Fsp3) is 0.214. The second-order valence-electron chi connectivity index (χ2n) is 4.08. The molecule has 0 N–H and O–H groups in total. The fourth-order valence-corrected chi connectivity index (χ4v) is 3.10. The van der Waals surface area contributed by atoms with Crippen LogP contribution in [0.4, 0.5) is 0 Å². The lowest BCUT2D eigenvalue weighted by Gasteiger charge is -2.05. The van der Waals surface area contributed by atoms with Gasteiger partial charge in [0.2, 0.25) is 0 Å². The van der Waals surface area contributed by atoms with Crippen molar-refractivity contribution in [1.82, 2.24) is 4.98 Å². The lowest BCUT2D eigenvalue weighted by Crippen LogP contribution is -1.87. The van der Waals surface area contributed by atoms with Gasteiger partial charge < -0.3 is 0 Å². The Morgan fingerprint density at radius 2 is 2.00 bits per heavy atom. The predicted octanol–water partition coefficient (Wildman–Crippen LogP) is 5.13. The molecule has 18 heavy (non-hydrogen) atoms. The molecule has 0 radical (unpaired) electrons. The first-order valence-corrected chi connectivity index (χ1v) is 7.49. The van der Waals surface area contributed by atoms with Crippen molar-refractivity contribution in [3.05, 3.63) is 63.4 Å². The highest BCUT2D eigenvalue weighted by Crippen LogP contribution is 2.24. The zero-order valence-electron chi connectivity index (χ0n) is 9.99. The maximum absolute atomic E-state index is 6.10. The first kappa shape index (κ1) is 13.7. The Labute approximate surface area is 122 Å². The molecule has 0 saturated heterocycles. The molecule has 0 spiro atoms.